The van der Waals surface area contributed by atoms with E-state index in [0.29, 0.717) is 12.3 Å². The minimum absolute atomic E-state index is 0.0237. The summed E-state index contributed by atoms with van der Waals surface area (Å²) in [6.45, 7) is 5.98. The van der Waals surface area contributed by atoms with Gasteiger partial charge in [0, 0.05) is 6.42 Å². The number of aliphatic hydroxyl groups is 1. The molecule has 0 atom stereocenters. The van der Waals surface area contributed by atoms with E-state index in [2.05, 4.69) is 5.73 Å². The van der Waals surface area contributed by atoms with Gasteiger partial charge in [0.1, 0.15) is 5.76 Å². The lowest BCUT2D eigenvalue weighted by Gasteiger charge is -2.01. The van der Waals surface area contributed by atoms with Crippen LogP contribution in [-0.2, 0) is 9.84 Å². The molecular formula is C15H20O3S. The molecule has 3 nitrogen and oxygen atoms in total. The van der Waals surface area contributed by atoms with Gasteiger partial charge in [-0.3, -0.25) is 0 Å². The molecule has 104 valence electrons. The van der Waals surface area contributed by atoms with E-state index < -0.39 is 9.84 Å². The Morgan fingerprint density at radius 3 is 2.42 bits per heavy atom. The zero-order chi connectivity index (χ0) is 14.5. The molecular weight excluding hydrogens is 260 g/mol. The summed E-state index contributed by atoms with van der Waals surface area (Å²) in [5, 5.41) is 10.5. The number of benzene rings is 1. The van der Waals surface area contributed by atoms with E-state index in [1.165, 1.54) is 0 Å². The van der Waals surface area contributed by atoms with Gasteiger partial charge in [-0.2, -0.15) is 0 Å². The molecule has 1 N–H and O–H groups in total. The molecule has 0 unspecified atom stereocenters. The van der Waals surface area contributed by atoms with Crippen LogP contribution in [0.2, 0.25) is 0 Å². The van der Waals surface area contributed by atoms with Crippen molar-refractivity contribution in [3.63, 3.8) is 0 Å². The molecule has 4 heteroatoms. The fourth-order valence-electron chi connectivity index (χ4n) is 1.44. The van der Waals surface area contributed by atoms with Crippen LogP contribution in [0.25, 0.3) is 0 Å². The fourth-order valence-corrected chi connectivity index (χ4v) is 2.38. The van der Waals surface area contributed by atoms with E-state index in [-0.39, 0.29) is 10.7 Å². The Labute approximate surface area is 115 Å². The van der Waals surface area contributed by atoms with Crippen molar-refractivity contribution in [1.29, 1.82) is 0 Å². The first kappa shape index (κ1) is 15.5. The van der Waals surface area contributed by atoms with E-state index in [9.17, 15) is 13.5 Å². The summed E-state index contributed by atoms with van der Waals surface area (Å²) in [5.41, 5.74) is 3.45. The highest BCUT2D eigenvalue weighted by Crippen LogP contribution is 2.13. The second-order valence-corrected chi connectivity index (χ2v) is 6.80. The molecule has 0 heterocycles. The maximum absolute atomic E-state index is 11.9. The highest BCUT2D eigenvalue weighted by Gasteiger charge is 2.09. The molecule has 0 aliphatic heterocycles. The lowest BCUT2D eigenvalue weighted by Crippen LogP contribution is -1.95. The second-order valence-electron chi connectivity index (χ2n) is 5.00. The summed E-state index contributed by atoms with van der Waals surface area (Å²) < 4.78 is 23.9. The van der Waals surface area contributed by atoms with Crippen molar-refractivity contribution >= 4 is 9.84 Å². The maximum Gasteiger partial charge on any atom is 0.207 e. The summed E-state index contributed by atoms with van der Waals surface area (Å²) >= 11 is 0. The monoisotopic (exact) mass is 280 g/mol. The van der Waals surface area contributed by atoms with E-state index in [4.69, 9.17) is 0 Å². The minimum atomic E-state index is -3.53. The van der Waals surface area contributed by atoms with Gasteiger partial charge in [-0.15, -0.1) is 0 Å². The molecule has 0 aliphatic carbocycles. The fraction of sp³-hybridized carbons (Fsp3) is 0.400. The molecule has 0 amide bonds. The lowest BCUT2D eigenvalue weighted by molar-refractivity contribution is 0.373. The van der Waals surface area contributed by atoms with Gasteiger partial charge in [0.05, 0.1) is 10.3 Å². The first-order valence-electron chi connectivity index (χ1n) is 6.27. The van der Waals surface area contributed by atoms with Crippen molar-refractivity contribution in [3.05, 3.63) is 46.7 Å². The van der Waals surface area contributed by atoms with Crippen LogP contribution in [-0.4, -0.2) is 13.5 Å². The smallest absolute Gasteiger partial charge is 0.207 e. The Morgan fingerprint density at radius 1 is 1.32 bits per heavy atom. The Bertz CT molecular complexity index is 574. The third-order valence-electron chi connectivity index (χ3n) is 2.69. The van der Waals surface area contributed by atoms with E-state index >= 15 is 0 Å². The van der Waals surface area contributed by atoms with Crippen LogP contribution in [0.3, 0.4) is 0 Å². The molecule has 0 bridgehead atoms. The topological polar surface area (TPSA) is 54.4 Å². The number of aliphatic hydroxyl groups excluding tert-OH is 1. The first-order chi connectivity index (χ1) is 8.81. The van der Waals surface area contributed by atoms with Crippen LogP contribution in [0.1, 0.15) is 32.3 Å². The molecule has 0 radical (unpaired) electrons. The van der Waals surface area contributed by atoms with Gasteiger partial charge in [-0.25, -0.2) is 8.42 Å². The molecule has 0 aromatic heterocycles. The number of aryl methyl sites for hydroxylation is 1. The summed E-state index contributed by atoms with van der Waals surface area (Å²) in [6, 6.07) is 6.58. The third kappa shape index (κ3) is 5.33. The Balaban J connectivity index is 2.90. The van der Waals surface area contributed by atoms with Gasteiger partial charge in [-0.1, -0.05) is 37.3 Å². The zero-order valence-corrected chi connectivity index (χ0v) is 12.4. The van der Waals surface area contributed by atoms with Crippen molar-refractivity contribution in [2.75, 3.05) is 0 Å². The van der Waals surface area contributed by atoms with Crippen LogP contribution in [0.4, 0.5) is 0 Å². The van der Waals surface area contributed by atoms with Gasteiger partial charge in [0.15, 0.2) is 0 Å². The van der Waals surface area contributed by atoms with Gasteiger partial charge >= 0.3 is 0 Å². The molecule has 0 spiro atoms. The SMILES string of the molecule is Cc1ccc(S(=O)(=O)C=C=C(O)CCC(C)C)cc1. The molecule has 19 heavy (non-hydrogen) atoms. The van der Waals surface area contributed by atoms with Gasteiger partial charge in [-0.05, 0) is 31.4 Å². The molecule has 1 aromatic rings. The zero-order valence-electron chi connectivity index (χ0n) is 11.6. The predicted molar refractivity (Wildman–Crippen MR) is 76.7 cm³/mol. The average molecular weight is 280 g/mol. The van der Waals surface area contributed by atoms with Gasteiger partial charge in [0.2, 0.25) is 9.84 Å². The second kappa shape index (κ2) is 6.60. The largest absolute Gasteiger partial charge is 0.505 e. The molecule has 1 aromatic carbocycles. The third-order valence-corrected chi connectivity index (χ3v) is 4.05. The van der Waals surface area contributed by atoms with E-state index in [0.717, 1.165) is 17.4 Å². The highest BCUT2D eigenvalue weighted by atomic mass is 32.2. The Hall–Kier alpha value is -1.51. The lowest BCUT2D eigenvalue weighted by atomic mass is 10.1. The minimum Gasteiger partial charge on any atom is -0.505 e. The normalized spacial score (nSPS) is 11.2. The van der Waals surface area contributed by atoms with E-state index in [1.807, 2.05) is 20.8 Å². The average Bonchev–Trinajstić information content (AvgIpc) is 2.34. The molecule has 1 rings (SSSR count). The maximum atomic E-state index is 11.9. The summed E-state index contributed by atoms with van der Waals surface area (Å²) in [7, 11) is -3.53. The number of sulfone groups is 1. The Morgan fingerprint density at radius 2 is 1.89 bits per heavy atom. The van der Waals surface area contributed by atoms with Crippen molar-refractivity contribution in [3.8, 4) is 0 Å². The standard InChI is InChI=1S/C15H20O3S/c1-12(2)4-7-14(16)10-11-19(17,18)15-8-5-13(3)6-9-15/h5-6,8-9,11-12,16H,4,7H2,1-3H3. The molecule has 0 saturated carbocycles. The molecule has 0 saturated heterocycles. The summed E-state index contributed by atoms with van der Waals surface area (Å²) in [5.74, 6) is 0.432. The van der Waals surface area contributed by atoms with Crippen molar-refractivity contribution < 1.29 is 13.5 Å². The summed E-state index contributed by atoms with van der Waals surface area (Å²) in [4.78, 5) is 0.210. The van der Waals surface area contributed by atoms with Gasteiger partial charge in [0.25, 0.3) is 0 Å². The number of hydrogen-bond acceptors (Lipinski definition) is 3. The molecule has 0 aliphatic rings. The van der Waals surface area contributed by atoms with Gasteiger partial charge < -0.3 is 5.11 Å². The quantitative estimate of drug-likeness (QED) is 0.660. The van der Waals surface area contributed by atoms with Crippen LogP contribution in [0.5, 0.6) is 0 Å². The van der Waals surface area contributed by atoms with Crippen LogP contribution < -0.4 is 0 Å². The van der Waals surface area contributed by atoms with Crippen molar-refractivity contribution in [2.24, 2.45) is 5.92 Å². The van der Waals surface area contributed by atoms with E-state index in [1.54, 1.807) is 24.3 Å². The van der Waals surface area contributed by atoms with Crippen LogP contribution >= 0.6 is 0 Å². The molecule has 0 fully saturated rings. The number of rotatable bonds is 5. The summed E-state index contributed by atoms with van der Waals surface area (Å²) in [6.07, 6.45) is 1.24. The first-order valence-corrected chi connectivity index (χ1v) is 7.82. The van der Waals surface area contributed by atoms with Crippen molar-refractivity contribution in [1.82, 2.24) is 0 Å². The van der Waals surface area contributed by atoms with Crippen LogP contribution in [0, 0.1) is 12.8 Å². The number of allylic oxidation sites excluding steroid dienone is 1. The number of hydrogen-bond donors (Lipinski definition) is 1. The predicted octanol–water partition coefficient (Wildman–Crippen LogP) is 3.76. The highest BCUT2D eigenvalue weighted by molar-refractivity contribution is 7.94. The Kier molecular flexibility index (Phi) is 5.40. The van der Waals surface area contributed by atoms with Crippen molar-refractivity contribution in [2.45, 2.75) is 38.5 Å². The van der Waals surface area contributed by atoms with Crippen LogP contribution in [0.15, 0.2) is 46.1 Å².